The Bertz CT molecular complexity index is 1170. The van der Waals surface area contributed by atoms with E-state index in [9.17, 15) is 20.1 Å². The SMILES string of the molecule is CC1NC(C2CCC3C4CCCCC(O)(CC(=O)O)CNC5(C)CC(N)NC(Cc6cccc(c6)C(CC4)C3C2)C5)CCC1O. The van der Waals surface area contributed by atoms with Gasteiger partial charge in [-0.1, -0.05) is 43.5 Å². The third-order valence-electron chi connectivity index (χ3n) is 12.8. The molecule has 6 bridgehead atoms. The topological polar surface area (TPSA) is 140 Å². The Morgan fingerprint density at radius 2 is 1.82 bits per heavy atom. The summed E-state index contributed by atoms with van der Waals surface area (Å²) in [6.45, 7) is 4.58. The summed E-state index contributed by atoms with van der Waals surface area (Å²) in [5.41, 5.74) is 7.86. The fraction of sp³-hybridized carbons (Fsp3) is 0.811. The van der Waals surface area contributed by atoms with Gasteiger partial charge in [0.05, 0.1) is 24.3 Å². The largest absolute Gasteiger partial charge is 0.481 e. The number of benzene rings is 1. The van der Waals surface area contributed by atoms with E-state index in [0.29, 0.717) is 42.1 Å². The second kappa shape index (κ2) is 13.9. The van der Waals surface area contributed by atoms with Gasteiger partial charge in [0.25, 0.3) is 0 Å². The summed E-state index contributed by atoms with van der Waals surface area (Å²) in [5, 5.41) is 42.7. The standard InChI is InChI=1S/C37H60N4O4/c1-23-33(42)14-13-32(40-23)27-10-12-29-25-7-3-4-15-37(45,21-35(43)44)22-39-36(2)19-28(41-34(38)20-36)17-24-6-5-8-26(16-24)30(11-9-25)31(29)18-27/h5-6,8,16,23,25,27-34,39-42,45H,3-4,7,9-15,17-22,38H2,1-2H3,(H,43,44). The van der Waals surface area contributed by atoms with Gasteiger partial charge in [0, 0.05) is 30.2 Å². The first-order chi connectivity index (χ1) is 21.5. The van der Waals surface area contributed by atoms with E-state index in [2.05, 4.69) is 54.1 Å². The molecular formula is C37H60N4O4. The van der Waals surface area contributed by atoms with Crippen molar-refractivity contribution >= 4 is 5.97 Å². The first-order valence-electron chi connectivity index (χ1n) is 18.2. The fourth-order valence-corrected chi connectivity index (χ4v) is 10.6. The number of aliphatic hydroxyl groups excluding tert-OH is 1. The van der Waals surface area contributed by atoms with Crippen molar-refractivity contribution in [1.82, 2.24) is 16.0 Å². The Morgan fingerprint density at radius 3 is 2.62 bits per heavy atom. The smallest absolute Gasteiger partial charge is 0.306 e. The molecule has 0 spiro atoms. The summed E-state index contributed by atoms with van der Waals surface area (Å²) in [6.07, 6.45) is 13.7. The minimum absolute atomic E-state index is 0.157. The van der Waals surface area contributed by atoms with Crippen molar-refractivity contribution in [3.8, 4) is 0 Å². The Balaban J connectivity index is 1.27. The Hall–Kier alpha value is -1.55. The zero-order valence-electron chi connectivity index (χ0n) is 27.7. The molecule has 0 aromatic heterocycles. The van der Waals surface area contributed by atoms with Crippen LogP contribution >= 0.6 is 0 Å². The van der Waals surface area contributed by atoms with Crippen LogP contribution in [0, 0.1) is 23.7 Å². The molecule has 8 nitrogen and oxygen atoms in total. The number of nitrogens with two attached hydrogens (primary N) is 1. The molecule has 12 atom stereocenters. The fourth-order valence-electron chi connectivity index (χ4n) is 10.6. The van der Waals surface area contributed by atoms with Crippen LogP contribution in [0.3, 0.4) is 0 Å². The molecule has 4 heterocycles. The molecule has 1 aromatic rings. The summed E-state index contributed by atoms with van der Waals surface area (Å²) < 4.78 is 0. The van der Waals surface area contributed by atoms with Gasteiger partial charge < -0.3 is 31.7 Å². The van der Waals surface area contributed by atoms with Gasteiger partial charge in [-0.15, -0.1) is 0 Å². The molecule has 8 N–H and O–H groups in total. The summed E-state index contributed by atoms with van der Waals surface area (Å²) in [5.74, 6) is 2.37. The molecule has 6 aliphatic rings. The molecule has 0 amide bonds. The van der Waals surface area contributed by atoms with Gasteiger partial charge in [-0.05, 0) is 125 Å². The number of carboxylic acids is 1. The van der Waals surface area contributed by atoms with Crippen molar-refractivity contribution in [1.29, 1.82) is 0 Å². The number of aliphatic hydroxyl groups is 2. The summed E-state index contributed by atoms with van der Waals surface area (Å²) >= 11 is 0. The number of fused-ring (bicyclic) bond motifs is 7. The Kier molecular flexibility index (Phi) is 10.3. The molecule has 2 saturated heterocycles. The van der Waals surface area contributed by atoms with Crippen molar-refractivity contribution in [2.75, 3.05) is 6.54 Å². The zero-order chi connectivity index (χ0) is 31.8. The first-order valence-corrected chi connectivity index (χ1v) is 18.2. The number of carbonyl (C=O) groups is 1. The molecule has 4 aliphatic heterocycles. The molecule has 12 unspecified atom stereocenters. The number of aliphatic carboxylic acids is 1. The molecule has 2 saturated carbocycles. The van der Waals surface area contributed by atoms with Gasteiger partial charge in [0.2, 0.25) is 0 Å². The lowest BCUT2D eigenvalue weighted by Crippen LogP contribution is -2.63. The van der Waals surface area contributed by atoms with E-state index in [4.69, 9.17) is 5.73 Å². The van der Waals surface area contributed by atoms with Crippen molar-refractivity contribution < 1.29 is 20.1 Å². The number of rotatable bonds is 3. The highest BCUT2D eigenvalue weighted by Gasteiger charge is 2.46. The predicted molar refractivity (Wildman–Crippen MR) is 178 cm³/mol. The second-order valence-corrected chi connectivity index (χ2v) is 16.3. The van der Waals surface area contributed by atoms with Crippen molar-refractivity contribution in [2.24, 2.45) is 29.4 Å². The Labute approximate surface area is 270 Å². The van der Waals surface area contributed by atoms with Crippen LogP contribution in [0.1, 0.15) is 121 Å². The lowest BCUT2D eigenvalue weighted by molar-refractivity contribution is -0.143. The van der Waals surface area contributed by atoms with Crippen LogP contribution in [-0.4, -0.2) is 69.4 Å². The number of carboxylic acid groups (broad SMARTS) is 1. The third-order valence-corrected chi connectivity index (χ3v) is 12.8. The van der Waals surface area contributed by atoms with E-state index in [0.717, 1.165) is 44.9 Å². The third kappa shape index (κ3) is 7.95. The van der Waals surface area contributed by atoms with E-state index in [1.165, 1.54) is 49.7 Å². The Morgan fingerprint density at radius 1 is 1.00 bits per heavy atom. The normalized spacial score (nSPS) is 44.7. The maximum Gasteiger partial charge on any atom is 0.306 e. The zero-order valence-corrected chi connectivity index (χ0v) is 27.7. The lowest BCUT2D eigenvalue weighted by atomic mass is 9.56. The second-order valence-electron chi connectivity index (χ2n) is 16.3. The van der Waals surface area contributed by atoms with E-state index in [-0.39, 0.29) is 42.9 Å². The lowest BCUT2D eigenvalue weighted by Gasteiger charge is -2.51. The van der Waals surface area contributed by atoms with E-state index < -0.39 is 11.6 Å². The van der Waals surface area contributed by atoms with Crippen LogP contribution in [0.5, 0.6) is 0 Å². The number of hydrogen-bond acceptors (Lipinski definition) is 7. The van der Waals surface area contributed by atoms with Gasteiger partial charge in [-0.2, -0.15) is 0 Å². The van der Waals surface area contributed by atoms with Gasteiger partial charge in [-0.25, -0.2) is 0 Å². The average molecular weight is 625 g/mol. The molecule has 45 heavy (non-hydrogen) atoms. The maximum atomic E-state index is 11.8. The van der Waals surface area contributed by atoms with Gasteiger partial charge in [0.1, 0.15) is 0 Å². The summed E-state index contributed by atoms with van der Waals surface area (Å²) in [6, 6.07) is 10.3. The highest BCUT2D eigenvalue weighted by molar-refractivity contribution is 5.68. The maximum absolute atomic E-state index is 11.8. The van der Waals surface area contributed by atoms with E-state index >= 15 is 0 Å². The van der Waals surface area contributed by atoms with E-state index in [1.807, 2.05) is 0 Å². The molecular weight excluding hydrogens is 564 g/mol. The molecule has 4 fully saturated rings. The molecule has 2 aliphatic carbocycles. The van der Waals surface area contributed by atoms with Gasteiger partial charge in [0.15, 0.2) is 0 Å². The number of β-amino-alcohol motifs (C(OH)–C–C–N with tert-alkyl or cyclic N) is 1. The molecule has 8 heteroatoms. The van der Waals surface area contributed by atoms with E-state index in [1.54, 1.807) is 0 Å². The van der Waals surface area contributed by atoms with Crippen LogP contribution < -0.4 is 21.7 Å². The molecule has 7 rings (SSSR count). The minimum atomic E-state index is -1.27. The van der Waals surface area contributed by atoms with Crippen LogP contribution in [0.25, 0.3) is 0 Å². The summed E-state index contributed by atoms with van der Waals surface area (Å²) in [4.78, 5) is 11.8. The van der Waals surface area contributed by atoms with Crippen LogP contribution in [0.15, 0.2) is 24.3 Å². The van der Waals surface area contributed by atoms with Gasteiger partial charge in [-0.3, -0.25) is 10.1 Å². The summed E-state index contributed by atoms with van der Waals surface area (Å²) in [7, 11) is 0. The quantitative estimate of drug-likeness (QED) is 0.262. The van der Waals surface area contributed by atoms with Crippen LogP contribution in [0.4, 0.5) is 0 Å². The van der Waals surface area contributed by atoms with Crippen LogP contribution in [-0.2, 0) is 11.2 Å². The van der Waals surface area contributed by atoms with Crippen molar-refractivity contribution in [3.63, 3.8) is 0 Å². The minimum Gasteiger partial charge on any atom is -0.481 e. The number of piperidine rings is 2. The van der Waals surface area contributed by atoms with Gasteiger partial charge >= 0.3 is 5.97 Å². The highest BCUT2D eigenvalue weighted by atomic mass is 16.4. The van der Waals surface area contributed by atoms with Crippen LogP contribution in [0.2, 0.25) is 0 Å². The van der Waals surface area contributed by atoms with Crippen molar-refractivity contribution in [2.45, 2.75) is 158 Å². The number of hydrogen-bond donors (Lipinski definition) is 7. The highest BCUT2D eigenvalue weighted by Crippen LogP contribution is 2.54. The average Bonchev–Trinajstić information content (AvgIpc) is 2.98. The molecule has 0 radical (unpaired) electrons. The monoisotopic (exact) mass is 624 g/mol. The van der Waals surface area contributed by atoms with Crippen molar-refractivity contribution in [3.05, 3.63) is 35.4 Å². The predicted octanol–water partition coefficient (Wildman–Crippen LogP) is 4.42. The molecule has 252 valence electrons. The first kappa shape index (κ1) is 33.4. The molecule has 1 aromatic carbocycles. The number of nitrogens with one attached hydrogen (secondary N) is 3.